The van der Waals surface area contributed by atoms with E-state index >= 15 is 0 Å². The Balaban J connectivity index is 2.42. The lowest BCUT2D eigenvalue weighted by Gasteiger charge is -2.10. The van der Waals surface area contributed by atoms with Gasteiger partial charge in [-0.1, -0.05) is 12.1 Å². The van der Waals surface area contributed by atoms with Crippen molar-refractivity contribution in [3.05, 3.63) is 29.8 Å². The van der Waals surface area contributed by atoms with Gasteiger partial charge in [0.15, 0.2) is 0 Å². The van der Waals surface area contributed by atoms with Crippen molar-refractivity contribution in [2.45, 2.75) is 18.9 Å². The molecule has 0 aliphatic heterocycles. The fraction of sp³-hybridized carbons (Fsp3) is 0.357. The summed E-state index contributed by atoms with van der Waals surface area (Å²) in [6.07, 6.45) is -0.201. The van der Waals surface area contributed by atoms with E-state index in [-0.39, 0.29) is 36.6 Å². The summed E-state index contributed by atoms with van der Waals surface area (Å²) < 4.78 is 9.36. The third-order valence-corrected chi connectivity index (χ3v) is 2.83. The maximum Gasteiger partial charge on any atom is 0.347 e. The summed E-state index contributed by atoms with van der Waals surface area (Å²) in [5.41, 5.74) is 11.5. The number of carbonyl (C=O) groups excluding carboxylic acids is 3. The molecule has 0 saturated heterocycles. The first-order valence-corrected chi connectivity index (χ1v) is 7.07. The number of hydrogen-bond acceptors (Lipinski definition) is 7. The number of nitrogens with two attached hydrogens (primary N) is 2. The van der Waals surface area contributed by atoms with Crippen molar-refractivity contribution < 1.29 is 23.9 Å². The number of carbonyl (C=O) groups is 3. The molecule has 0 aromatic heterocycles. The molecule has 1 aromatic rings. The summed E-state index contributed by atoms with van der Waals surface area (Å²) in [5.74, 6) is -2.14. The Morgan fingerprint density at radius 3 is 2.55 bits per heavy atom. The van der Waals surface area contributed by atoms with Crippen molar-refractivity contribution in [1.29, 1.82) is 0 Å². The second-order valence-electron chi connectivity index (χ2n) is 4.35. The number of rotatable bonds is 7. The lowest BCUT2D eigenvalue weighted by molar-refractivity contribution is -0.145. The van der Waals surface area contributed by atoms with Crippen molar-refractivity contribution in [3.63, 3.8) is 0 Å². The van der Waals surface area contributed by atoms with E-state index in [9.17, 15) is 14.4 Å². The fourth-order valence-electron chi connectivity index (χ4n) is 1.53. The van der Waals surface area contributed by atoms with Gasteiger partial charge < -0.3 is 20.9 Å². The van der Waals surface area contributed by atoms with Crippen LogP contribution in [0.1, 0.15) is 23.2 Å². The van der Waals surface area contributed by atoms with Crippen molar-refractivity contribution in [1.82, 2.24) is 0 Å². The number of para-hydroxylation sites is 1. The average Bonchev–Trinajstić information content (AvgIpc) is 2.50. The minimum absolute atomic E-state index is 0.00248. The molecule has 0 saturated carbocycles. The van der Waals surface area contributed by atoms with Crippen LogP contribution in [0.15, 0.2) is 24.3 Å². The van der Waals surface area contributed by atoms with Gasteiger partial charge in [-0.15, -0.1) is 11.6 Å². The third kappa shape index (κ3) is 5.71. The Bertz CT molecular complexity index is 550. The lowest BCUT2D eigenvalue weighted by atomic mass is 10.1. The van der Waals surface area contributed by atoms with E-state index in [4.69, 9.17) is 27.8 Å². The van der Waals surface area contributed by atoms with Crippen LogP contribution in [-0.2, 0) is 19.1 Å². The average molecular weight is 329 g/mol. The molecular weight excluding hydrogens is 312 g/mol. The van der Waals surface area contributed by atoms with Gasteiger partial charge in [-0.3, -0.25) is 9.59 Å². The van der Waals surface area contributed by atoms with Gasteiger partial charge in [0.1, 0.15) is 12.6 Å². The van der Waals surface area contributed by atoms with E-state index in [0.717, 1.165) is 0 Å². The Morgan fingerprint density at radius 2 is 1.91 bits per heavy atom. The van der Waals surface area contributed by atoms with Gasteiger partial charge in [-0.05, 0) is 18.6 Å². The minimum atomic E-state index is -0.979. The first-order chi connectivity index (χ1) is 10.5. The van der Waals surface area contributed by atoms with Crippen LogP contribution in [0, 0.1) is 0 Å². The highest BCUT2D eigenvalue weighted by Crippen LogP contribution is 2.12. The number of anilines is 1. The number of benzene rings is 1. The lowest BCUT2D eigenvalue weighted by Crippen LogP contribution is -2.33. The zero-order chi connectivity index (χ0) is 16.5. The van der Waals surface area contributed by atoms with Crippen molar-refractivity contribution in [3.8, 4) is 0 Å². The summed E-state index contributed by atoms with van der Waals surface area (Å²) in [6.45, 7) is 0.0459. The van der Waals surface area contributed by atoms with Gasteiger partial charge in [0.25, 0.3) is 0 Å². The normalized spacial score (nSPS) is 11.5. The van der Waals surface area contributed by atoms with E-state index in [1.54, 1.807) is 12.1 Å². The molecule has 8 heteroatoms. The van der Waals surface area contributed by atoms with Gasteiger partial charge in [0, 0.05) is 12.1 Å². The largest absolute Gasteiger partial charge is 0.463 e. The number of ether oxygens (including phenoxy) is 2. The molecule has 1 rings (SSSR count). The molecule has 1 aromatic carbocycles. The van der Waals surface area contributed by atoms with Crippen LogP contribution < -0.4 is 11.5 Å². The Hall–Kier alpha value is -2.12. The molecule has 1 unspecified atom stereocenters. The molecule has 0 bridgehead atoms. The van der Waals surface area contributed by atoms with Crippen LogP contribution >= 0.6 is 11.6 Å². The maximum absolute atomic E-state index is 11.7. The summed E-state index contributed by atoms with van der Waals surface area (Å²) in [4.78, 5) is 34.7. The Kier molecular flexibility index (Phi) is 7.34. The molecule has 0 aliphatic carbocycles. The van der Waals surface area contributed by atoms with Crippen LogP contribution in [-0.4, -0.2) is 36.4 Å². The van der Waals surface area contributed by atoms with E-state index in [1.807, 2.05) is 0 Å². The number of hydrogen-bond donors (Lipinski definition) is 2. The summed E-state index contributed by atoms with van der Waals surface area (Å²) in [7, 11) is 0. The molecule has 0 radical (unpaired) electrons. The smallest absolute Gasteiger partial charge is 0.347 e. The van der Waals surface area contributed by atoms with Gasteiger partial charge in [-0.25, -0.2) is 4.79 Å². The van der Waals surface area contributed by atoms with Crippen molar-refractivity contribution >= 4 is 35.2 Å². The van der Waals surface area contributed by atoms with E-state index in [1.165, 1.54) is 12.1 Å². The number of nitrogen functional groups attached to an aromatic ring is 1. The quantitative estimate of drug-likeness (QED) is 0.329. The van der Waals surface area contributed by atoms with E-state index < -0.39 is 23.9 Å². The predicted octanol–water partition coefficient (Wildman–Crippen LogP) is 0.842. The van der Waals surface area contributed by atoms with Gasteiger partial charge >= 0.3 is 17.9 Å². The second kappa shape index (κ2) is 9.01. The number of alkyl halides is 1. The van der Waals surface area contributed by atoms with Gasteiger partial charge in [-0.2, -0.15) is 0 Å². The zero-order valence-corrected chi connectivity index (χ0v) is 12.5. The maximum atomic E-state index is 11.7. The van der Waals surface area contributed by atoms with Crippen LogP contribution in [0.2, 0.25) is 0 Å². The third-order valence-electron chi connectivity index (χ3n) is 2.67. The van der Waals surface area contributed by atoms with Gasteiger partial charge in [0.2, 0.25) is 0 Å². The molecule has 4 N–H and O–H groups in total. The molecule has 0 heterocycles. The molecule has 0 spiro atoms. The molecule has 0 aliphatic rings. The van der Waals surface area contributed by atoms with E-state index in [0.29, 0.717) is 0 Å². The predicted molar refractivity (Wildman–Crippen MR) is 80.2 cm³/mol. The molecule has 7 nitrogen and oxygen atoms in total. The minimum Gasteiger partial charge on any atom is -0.463 e. The van der Waals surface area contributed by atoms with Crippen LogP contribution in [0.5, 0.6) is 0 Å². The first kappa shape index (κ1) is 17.9. The van der Waals surface area contributed by atoms with E-state index in [2.05, 4.69) is 4.74 Å². The Labute approximate surface area is 132 Å². The summed E-state index contributed by atoms with van der Waals surface area (Å²) >= 11 is 5.37. The highest BCUT2D eigenvalue weighted by atomic mass is 35.5. The molecule has 120 valence electrons. The Morgan fingerprint density at radius 1 is 1.23 bits per heavy atom. The van der Waals surface area contributed by atoms with Crippen molar-refractivity contribution in [2.75, 3.05) is 18.2 Å². The topological polar surface area (TPSA) is 122 Å². The van der Waals surface area contributed by atoms with Crippen LogP contribution in [0.25, 0.3) is 0 Å². The molecular formula is C14H17ClN2O5. The number of esters is 3. The first-order valence-electron chi connectivity index (χ1n) is 6.53. The fourth-order valence-corrected chi connectivity index (χ4v) is 1.61. The second-order valence-corrected chi connectivity index (χ2v) is 4.73. The molecule has 0 amide bonds. The SMILES string of the molecule is Nc1ccccc1C(=O)OC(=O)CCC(N)C(=O)OCCCl. The van der Waals surface area contributed by atoms with Crippen LogP contribution in [0.4, 0.5) is 5.69 Å². The highest BCUT2D eigenvalue weighted by Gasteiger charge is 2.19. The summed E-state index contributed by atoms with van der Waals surface area (Å²) in [5, 5.41) is 0. The summed E-state index contributed by atoms with van der Waals surface area (Å²) in [6, 6.07) is 5.23. The number of halogens is 1. The monoisotopic (exact) mass is 328 g/mol. The van der Waals surface area contributed by atoms with Gasteiger partial charge in [0.05, 0.1) is 11.4 Å². The van der Waals surface area contributed by atoms with Crippen molar-refractivity contribution in [2.24, 2.45) is 5.73 Å². The zero-order valence-electron chi connectivity index (χ0n) is 11.8. The molecule has 1 atom stereocenters. The highest BCUT2D eigenvalue weighted by molar-refractivity contribution is 6.18. The standard InChI is InChI=1S/C14H17ClN2O5/c15-7-8-21-14(20)11(17)5-6-12(18)22-13(19)9-3-1-2-4-10(9)16/h1-4,11H,5-8,16-17H2. The molecule has 0 fully saturated rings. The molecule has 22 heavy (non-hydrogen) atoms. The van der Waals surface area contributed by atoms with Crippen LogP contribution in [0.3, 0.4) is 0 Å².